The van der Waals surface area contributed by atoms with Gasteiger partial charge in [0.2, 0.25) is 0 Å². The van der Waals surface area contributed by atoms with Gasteiger partial charge in [0.1, 0.15) is 0 Å². The van der Waals surface area contributed by atoms with E-state index in [0.717, 1.165) is 0 Å². The highest BCUT2D eigenvalue weighted by Gasteiger charge is 2.09. The van der Waals surface area contributed by atoms with Crippen molar-refractivity contribution in [2.45, 2.75) is 0 Å². The van der Waals surface area contributed by atoms with Crippen LogP contribution in [0.2, 0.25) is 0 Å². The maximum absolute atomic E-state index is 8.11. The van der Waals surface area contributed by atoms with Gasteiger partial charge in [-0.1, -0.05) is 5.98 Å². The topological polar surface area (TPSA) is 47.9 Å². The molecule has 1 rings (SSSR count). The molecule has 0 saturated carbocycles. The smallest absolute Gasteiger partial charge is 0.398 e. The van der Waals surface area contributed by atoms with Crippen molar-refractivity contribution in [3.63, 3.8) is 0 Å². The maximum Gasteiger partial charge on any atom is 0.398 e. The average molecular weight is 119 g/mol. The van der Waals surface area contributed by atoms with Crippen LogP contribution in [0.15, 0.2) is 24.5 Å². The molecule has 0 aromatic carbocycles. The minimum atomic E-state index is 0.102. The molecule has 0 saturated heterocycles. The van der Waals surface area contributed by atoms with Gasteiger partial charge in [-0.25, -0.2) is 0 Å². The van der Waals surface area contributed by atoms with Gasteiger partial charge in [0.05, 0.1) is 6.07 Å². The molecular weight excluding hydrogens is 113 g/mol. The molecule has 2 N–H and O–H groups in total. The number of allylic oxidation sites excluding steroid dienone is 1. The lowest BCUT2D eigenvalue weighted by Gasteiger charge is -1.96. The molecule has 1 aliphatic rings. The molecule has 0 radical (unpaired) electrons. The first-order valence-corrected chi connectivity index (χ1v) is 2.67. The quantitative estimate of drug-likeness (QED) is 0.369. The second kappa shape index (κ2) is 2.83. The Hall–Kier alpha value is -1.37. The van der Waals surface area contributed by atoms with E-state index in [1.807, 2.05) is 6.07 Å². The Morgan fingerprint density at radius 1 is 1.44 bits per heavy atom. The van der Waals surface area contributed by atoms with Crippen molar-refractivity contribution in [1.29, 1.82) is 5.26 Å². The lowest BCUT2D eigenvalue weighted by molar-refractivity contribution is 1.32. The molecular formula is C5H6BN3. The summed E-state index contributed by atoms with van der Waals surface area (Å²) in [5.41, 5.74) is 0. The Balaban J connectivity index is 2.32. The molecule has 0 amide bonds. The molecule has 0 spiro atoms. The Morgan fingerprint density at radius 3 is 2.67 bits per heavy atom. The summed E-state index contributed by atoms with van der Waals surface area (Å²) >= 11 is 0. The van der Waals surface area contributed by atoms with Crippen LogP contribution in [0.4, 0.5) is 0 Å². The average Bonchev–Trinajstić information content (AvgIpc) is 2.34. The first-order chi connectivity index (χ1) is 4.43. The molecule has 0 fully saturated rings. The van der Waals surface area contributed by atoms with Gasteiger partial charge in [0, 0.05) is 18.5 Å². The summed E-state index contributed by atoms with van der Waals surface area (Å²) in [7, 11) is 0. The zero-order valence-electron chi connectivity index (χ0n) is 4.83. The third kappa shape index (κ3) is 1.54. The van der Waals surface area contributed by atoms with Gasteiger partial charge in [0.25, 0.3) is 0 Å². The van der Waals surface area contributed by atoms with E-state index in [9.17, 15) is 0 Å². The van der Waals surface area contributed by atoms with Crippen LogP contribution >= 0.6 is 0 Å². The summed E-state index contributed by atoms with van der Waals surface area (Å²) in [6, 6.07) is 1.91. The van der Waals surface area contributed by atoms with Gasteiger partial charge in [-0.05, 0) is 0 Å². The van der Waals surface area contributed by atoms with Crippen molar-refractivity contribution in [2.75, 3.05) is 0 Å². The summed E-state index contributed by atoms with van der Waals surface area (Å²) in [6.45, 7) is 0.102. The fourth-order valence-corrected chi connectivity index (χ4v) is 0.602. The number of nitrogens with one attached hydrogen (secondary N) is 2. The summed E-state index contributed by atoms with van der Waals surface area (Å²) in [5.74, 6) is 1.75. The second-order valence-corrected chi connectivity index (χ2v) is 1.63. The van der Waals surface area contributed by atoms with Crippen molar-refractivity contribution in [1.82, 2.24) is 10.5 Å². The van der Waals surface area contributed by atoms with Gasteiger partial charge in [0.15, 0.2) is 0 Å². The van der Waals surface area contributed by atoms with Crippen molar-refractivity contribution in [2.24, 2.45) is 0 Å². The first-order valence-electron chi connectivity index (χ1n) is 2.67. The van der Waals surface area contributed by atoms with Crippen LogP contribution < -0.4 is 10.5 Å². The van der Waals surface area contributed by atoms with E-state index < -0.39 is 0 Å². The highest BCUT2D eigenvalue weighted by Crippen LogP contribution is 1.82. The standard InChI is InChI=1S/C5H6BN3/c7-3-1-2-6-8-4-5-9-6/h1-2,4-5,8-9H/b2-1-. The fourth-order valence-electron chi connectivity index (χ4n) is 0.602. The molecule has 4 heteroatoms. The van der Waals surface area contributed by atoms with Crippen molar-refractivity contribution in [3.8, 4) is 6.07 Å². The number of nitrogens with zero attached hydrogens (tertiary/aromatic N) is 1. The Morgan fingerprint density at radius 2 is 2.11 bits per heavy atom. The third-order valence-electron chi connectivity index (χ3n) is 0.998. The van der Waals surface area contributed by atoms with Crippen LogP contribution in [0.3, 0.4) is 0 Å². The highest BCUT2D eigenvalue weighted by molar-refractivity contribution is 6.60. The Kier molecular flexibility index (Phi) is 1.81. The maximum atomic E-state index is 8.11. The lowest BCUT2D eigenvalue weighted by atomic mass is 9.78. The van der Waals surface area contributed by atoms with Crippen LogP contribution in [0.1, 0.15) is 0 Å². The molecule has 9 heavy (non-hydrogen) atoms. The Bertz CT molecular complexity index is 171. The normalized spacial score (nSPS) is 15.2. The first kappa shape index (κ1) is 5.77. The molecule has 3 nitrogen and oxygen atoms in total. The molecule has 0 bridgehead atoms. The summed E-state index contributed by atoms with van der Waals surface area (Å²) in [6.07, 6.45) is 5.04. The van der Waals surface area contributed by atoms with Gasteiger partial charge in [-0.2, -0.15) is 5.26 Å². The number of rotatable bonds is 1. The van der Waals surface area contributed by atoms with E-state index in [0.29, 0.717) is 0 Å². The van der Waals surface area contributed by atoms with E-state index in [4.69, 9.17) is 5.26 Å². The minimum absolute atomic E-state index is 0.102. The summed E-state index contributed by atoms with van der Waals surface area (Å²) in [5, 5.41) is 14.0. The predicted octanol–water partition coefficient (Wildman–Crippen LogP) is -0.242. The van der Waals surface area contributed by atoms with Crippen LogP contribution in [0.25, 0.3) is 0 Å². The molecule has 0 aromatic rings. The van der Waals surface area contributed by atoms with Crippen LogP contribution in [-0.2, 0) is 0 Å². The van der Waals surface area contributed by atoms with Crippen molar-refractivity contribution < 1.29 is 0 Å². The molecule has 0 unspecified atom stereocenters. The number of nitriles is 1. The third-order valence-corrected chi connectivity index (χ3v) is 0.998. The van der Waals surface area contributed by atoms with E-state index in [1.165, 1.54) is 6.08 Å². The monoisotopic (exact) mass is 119 g/mol. The zero-order chi connectivity index (χ0) is 6.53. The number of hydrogen-bond acceptors (Lipinski definition) is 3. The van der Waals surface area contributed by atoms with E-state index >= 15 is 0 Å². The van der Waals surface area contributed by atoms with E-state index in [-0.39, 0.29) is 6.98 Å². The Labute approximate surface area is 54.2 Å². The molecule has 0 aromatic heterocycles. The molecule has 1 heterocycles. The van der Waals surface area contributed by atoms with Crippen molar-refractivity contribution >= 4 is 6.98 Å². The molecule has 0 aliphatic carbocycles. The van der Waals surface area contributed by atoms with E-state index in [2.05, 4.69) is 10.5 Å². The largest absolute Gasteiger partial charge is 0.411 e. The van der Waals surface area contributed by atoms with Gasteiger partial charge in [-0.3, -0.25) is 0 Å². The van der Waals surface area contributed by atoms with Crippen LogP contribution in [0.5, 0.6) is 0 Å². The highest BCUT2D eigenvalue weighted by atomic mass is 15.0. The van der Waals surface area contributed by atoms with Gasteiger partial charge >= 0.3 is 6.98 Å². The predicted molar refractivity (Wildman–Crippen MR) is 35.9 cm³/mol. The lowest BCUT2D eigenvalue weighted by Crippen LogP contribution is -2.34. The van der Waals surface area contributed by atoms with Crippen LogP contribution in [-0.4, -0.2) is 6.98 Å². The molecule has 1 aliphatic heterocycles. The van der Waals surface area contributed by atoms with Gasteiger partial charge < -0.3 is 10.5 Å². The van der Waals surface area contributed by atoms with E-state index in [1.54, 1.807) is 18.4 Å². The van der Waals surface area contributed by atoms with Crippen LogP contribution in [0, 0.1) is 11.3 Å². The number of hydrogen-bond donors (Lipinski definition) is 2. The second-order valence-electron chi connectivity index (χ2n) is 1.63. The summed E-state index contributed by atoms with van der Waals surface area (Å²) < 4.78 is 0. The summed E-state index contributed by atoms with van der Waals surface area (Å²) in [4.78, 5) is 0. The SMILES string of the molecule is N#C/C=C\B1NC=CN1. The zero-order valence-corrected chi connectivity index (χ0v) is 4.83. The van der Waals surface area contributed by atoms with Crippen molar-refractivity contribution in [3.05, 3.63) is 24.5 Å². The molecule has 0 atom stereocenters. The minimum Gasteiger partial charge on any atom is -0.411 e. The fraction of sp³-hybridized carbons (Fsp3) is 0. The van der Waals surface area contributed by atoms with Gasteiger partial charge in [-0.15, -0.1) is 0 Å². The molecule has 44 valence electrons.